The highest BCUT2D eigenvalue weighted by Crippen LogP contribution is 2.27. The van der Waals surface area contributed by atoms with E-state index in [-0.39, 0.29) is 23.4 Å². The van der Waals surface area contributed by atoms with Crippen molar-refractivity contribution >= 4 is 23.4 Å². The maximum absolute atomic E-state index is 12.1. The van der Waals surface area contributed by atoms with Gasteiger partial charge in [-0.05, 0) is 12.1 Å². The van der Waals surface area contributed by atoms with Gasteiger partial charge in [-0.3, -0.25) is 14.4 Å². The van der Waals surface area contributed by atoms with Crippen molar-refractivity contribution in [3.63, 3.8) is 0 Å². The van der Waals surface area contributed by atoms with E-state index in [9.17, 15) is 14.4 Å². The summed E-state index contributed by atoms with van der Waals surface area (Å²) in [4.78, 5) is 36.6. The summed E-state index contributed by atoms with van der Waals surface area (Å²) in [5.41, 5.74) is 11.5. The Morgan fingerprint density at radius 2 is 2.05 bits per heavy atom. The number of nitrogens with two attached hydrogens (primary N) is 2. The number of rotatable bonds is 3. The predicted molar refractivity (Wildman–Crippen MR) is 66.2 cm³/mol. The van der Waals surface area contributed by atoms with Gasteiger partial charge in [0.15, 0.2) is 0 Å². The molecule has 0 aromatic heterocycles. The first-order valence-corrected chi connectivity index (χ1v) is 5.54. The number of carbonyl (C=O) groups excluding carboxylic acids is 3. The minimum absolute atomic E-state index is 0.0467. The van der Waals surface area contributed by atoms with E-state index >= 15 is 0 Å². The zero-order valence-electron chi connectivity index (χ0n) is 10.3. The van der Waals surface area contributed by atoms with Crippen LogP contribution >= 0.6 is 0 Å². The SMILES string of the molecule is COCC(N)C(=O)N1C(=O)c2cccc(N)c2C1=O. The fraction of sp³-hybridized carbons (Fsp3) is 0.250. The number of hydrogen-bond acceptors (Lipinski definition) is 6. The van der Waals surface area contributed by atoms with Crippen LogP contribution in [0.2, 0.25) is 0 Å². The second-order valence-electron chi connectivity index (χ2n) is 4.12. The van der Waals surface area contributed by atoms with Gasteiger partial charge in [0.05, 0.1) is 17.7 Å². The molecule has 2 rings (SSSR count). The lowest BCUT2D eigenvalue weighted by molar-refractivity contribution is -0.128. The molecule has 1 atom stereocenters. The summed E-state index contributed by atoms with van der Waals surface area (Å²) in [6.45, 7) is -0.0816. The van der Waals surface area contributed by atoms with Crippen molar-refractivity contribution in [2.45, 2.75) is 6.04 Å². The Hall–Kier alpha value is -2.25. The van der Waals surface area contributed by atoms with Crippen molar-refractivity contribution in [2.75, 3.05) is 19.5 Å². The highest BCUT2D eigenvalue weighted by atomic mass is 16.5. The van der Waals surface area contributed by atoms with Gasteiger partial charge >= 0.3 is 0 Å². The van der Waals surface area contributed by atoms with Crippen LogP contribution in [-0.4, -0.2) is 42.4 Å². The van der Waals surface area contributed by atoms with Gasteiger partial charge < -0.3 is 16.2 Å². The lowest BCUT2D eigenvalue weighted by atomic mass is 10.1. The number of fused-ring (bicyclic) bond motifs is 1. The first-order valence-electron chi connectivity index (χ1n) is 5.54. The lowest BCUT2D eigenvalue weighted by Gasteiger charge is -2.16. The van der Waals surface area contributed by atoms with Crippen LogP contribution < -0.4 is 11.5 Å². The number of methoxy groups -OCH3 is 1. The summed E-state index contributed by atoms with van der Waals surface area (Å²) in [6.07, 6.45) is 0. The summed E-state index contributed by atoms with van der Waals surface area (Å²) in [6, 6.07) is 3.41. The number of carbonyl (C=O) groups is 3. The number of amides is 3. The Morgan fingerprint density at radius 3 is 2.63 bits per heavy atom. The minimum atomic E-state index is -1.08. The van der Waals surface area contributed by atoms with Gasteiger partial charge in [-0.1, -0.05) is 6.07 Å². The topological polar surface area (TPSA) is 116 Å². The van der Waals surface area contributed by atoms with E-state index in [2.05, 4.69) is 0 Å². The van der Waals surface area contributed by atoms with E-state index in [1.807, 2.05) is 0 Å². The molecule has 7 heteroatoms. The number of nitrogen functional groups attached to an aromatic ring is 1. The molecule has 0 bridgehead atoms. The van der Waals surface area contributed by atoms with Crippen LogP contribution in [0.4, 0.5) is 5.69 Å². The van der Waals surface area contributed by atoms with Crippen LogP contribution in [0, 0.1) is 0 Å². The van der Waals surface area contributed by atoms with Crippen LogP contribution in [0.3, 0.4) is 0 Å². The van der Waals surface area contributed by atoms with Gasteiger partial charge in [-0.15, -0.1) is 0 Å². The molecule has 100 valence electrons. The van der Waals surface area contributed by atoms with Gasteiger partial charge in [0.2, 0.25) is 0 Å². The van der Waals surface area contributed by atoms with Gasteiger partial charge in [-0.25, -0.2) is 4.90 Å². The van der Waals surface area contributed by atoms with Crippen molar-refractivity contribution in [1.82, 2.24) is 4.90 Å². The molecule has 0 fully saturated rings. The number of hydrogen-bond donors (Lipinski definition) is 2. The lowest BCUT2D eigenvalue weighted by Crippen LogP contribution is -2.48. The fourth-order valence-electron chi connectivity index (χ4n) is 1.93. The molecule has 4 N–H and O–H groups in total. The van der Waals surface area contributed by atoms with Crippen molar-refractivity contribution in [2.24, 2.45) is 5.73 Å². The van der Waals surface area contributed by atoms with E-state index in [0.29, 0.717) is 4.90 Å². The van der Waals surface area contributed by atoms with Crippen LogP contribution in [0.25, 0.3) is 0 Å². The Kier molecular flexibility index (Phi) is 3.32. The molecule has 1 aromatic rings. The largest absolute Gasteiger partial charge is 0.398 e. The average Bonchev–Trinajstić information content (AvgIpc) is 2.62. The summed E-state index contributed by atoms with van der Waals surface area (Å²) in [7, 11) is 1.37. The molecule has 1 aliphatic rings. The summed E-state index contributed by atoms with van der Waals surface area (Å²) in [5, 5.41) is 0. The van der Waals surface area contributed by atoms with Crippen LogP contribution in [-0.2, 0) is 9.53 Å². The summed E-state index contributed by atoms with van der Waals surface area (Å²) >= 11 is 0. The third-order valence-corrected chi connectivity index (χ3v) is 2.83. The Bertz CT molecular complexity index is 570. The van der Waals surface area contributed by atoms with E-state index in [1.54, 1.807) is 6.07 Å². The smallest absolute Gasteiger partial charge is 0.270 e. The third kappa shape index (κ3) is 1.98. The molecule has 0 saturated heterocycles. The molecule has 1 aliphatic heterocycles. The molecule has 0 radical (unpaired) electrons. The summed E-state index contributed by atoms with van der Waals surface area (Å²) < 4.78 is 4.74. The molecule has 7 nitrogen and oxygen atoms in total. The van der Waals surface area contributed by atoms with Crippen molar-refractivity contribution in [3.8, 4) is 0 Å². The van der Waals surface area contributed by atoms with Gasteiger partial charge in [0.1, 0.15) is 6.04 Å². The van der Waals surface area contributed by atoms with Crippen LogP contribution in [0.1, 0.15) is 20.7 Å². The summed E-state index contributed by atoms with van der Waals surface area (Å²) in [5.74, 6) is -2.24. The number of ether oxygens (including phenoxy) is 1. The Morgan fingerprint density at radius 1 is 1.37 bits per heavy atom. The highest BCUT2D eigenvalue weighted by Gasteiger charge is 2.42. The first-order chi connectivity index (χ1) is 8.99. The first kappa shape index (κ1) is 13.2. The molecule has 0 saturated carbocycles. The Balaban J connectivity index is 2.38. The zero-order valence-corrected chi connectivity index (χ0v) is 10.3. The molecule has 1 unspecified atom stereocenters. The standard InChI is InChI=1S/C12H13N3O4/c1-19-5-8(14)11(17)15-10(16)6-3-2-4-7(13)9(6)12(15)18/h2-4,8H,5,13-14H2,1H3. The molecule has 1 aromatic carbocycles. The average molecular weight is 263 g/mol. The molecule has 1 heterocycles. The molecule has 19 heavy (non-hydrogen) atoms. The fourth-order valence-corrected chi connectivity index (χ4v) is 1.93. The van der Waals surface area contributed by atoms with E-state index in [0.717, 1.165) is 0 Å². The maximum Gasteiger partial charge on any atom is 0.270 e. The van der Waals surface area contributed by atoms with Crippen molar-refractivity contribution < 1.29 is 19.1 Å². The maximum atomic E-state index is 12.1. The Labute approximate surface area is 109 Å². The van der Waals surface area contributed by atoms with Crippen LogP contribution in [0.5, 0.6) is 0 Å². The monoisotopic (exact) mass is 263 g/mol. The number of nitrogens with zero attached hydrogens (tertiary/aromatic N) is 1. The number of benzene rings is 1. The molecule has 0 aliphatic carbocycles. The van der Waals surface area contributed by atoms with Gasteiger partial charge in [0, 0.05) is 12.8 Å². The van der Waals surface area contributed by atoms with Crippen LogP contribution in [0.15, 0.2) is 18.2 Å². The third-order valence-electron chi connectivity index (χ3n) is 2.83. The van der Waals surface area contributed by atoms with E-state index < -0.39 is 23.8 Å². The highest BCUT2D eigenvalue weighted by molar-refractivity contribution is 6.31. The zero-order chi connectivity index (χ0) is 14.2. The molecule has 0 spiro atoms. The normalized spacial score (nSPS) is 15.6. The molecular weight excluding hydrogens is 250 g/mol. The number of anilines is 1. The van der Waals surface area contributed by atoms with E-state index in [4.69, 9.17) is 16.2 Å². The van der Waals surface area contributed by atoms with Gasteiger partial charge in [0.25, 0.3) is 17.7 Å². The van der Waals surface area contributed by atoms with Gasteiger partial charge in [-0.2, -0.15) is 0 Å². The minimum Gasteiger partial charge on any atom is -0.398 e. The second-order valence-corrected chi connectivity index (χ2v) is 4.12. The van der Waals surface area contributed by atoms with E-state index in [1.165, 1.54) is 19.2 Å². The van der Waals surface area contributed by atoms with Crippen molar-refractivity contribution in [3.05, 3.63) is 29.3 Å². The second kappa shape index (κ2) is 4.79. The van der Waals surface area contributed by atoms with Crippen molar-refractivity contribution in [1.29, 1.82) is 0 Å². The molecular formula is C12H13N3O4. The predicted octanol–water partition coefficient (Wildman–Crippen LogP) is -0.635. The molecule has 3 amide bonds. The number of imide groups is 3. The quantitative estimate of drug-likeness (QED) is 0.554.